The summed E-state index contributed by atoms with van der Waals surface area (Å²) in [6.07, 6.45) is 0.650. The fourth-order valence-corrected chi connectivity index (χ4v) is 3.82. The number of hydrogen-bond donors (Lipinski definition) is 2. The molecule has 0 amide bonds. The number of fused-ring (bicyclic) bond motifs is 3. The topological polar surface area (TPSA) is 67.9 Å². The number of rotatable bonds is 3. The number of benzene rings is 2. The van der Waals surface area contributed by atoms with Gasteiger partial charge in [-0.2, -0.15) is 0 Å². The number of carbonyl (C=O) groups excluding carboxylic acids is 1. The predicted molar refractivity (Wildman–Crippen MR) is 94.6 cm³/mol. The summed E-state index contributed by atoms with van der Waals surface area (Å²) in [5.41, 5.74) is 4.45. The number of methoxy groups -OCH3 is 2. The SMILES string of the molecule is COC(=O)[C@H]1Cc2c([nH]c3ccccc23)[C@@H](c2ccccc2OC)[NH2+]1. The number of carbonyl (C=O) groups is 1. The van der Waals surface area contributed by atoms with E-state index in [1.54, 1.807) is 7.11 Å². The number of quaternary nitrogens is 1. The molecule has 2 atom stereocenters. The van der Waals surface area contributed by atoms with Crippen molar-refractivity contribution in [3.8, 4) is 5.75 Å². The number of nitrogens with one attached hydrogen (secondary N) is 1. The van der Waals surface area contributed by atoms with Gasteiger partial charge in [0.25, 0.3) is 0 Å². The van der Waals surface area contributed by atoms with Gasteiger partial charge in [-0.3, -0.25) is 0 Å². The zero-order chi connectivity index (χ0) is 17.4. The lowest BCUT2D eigenvalue weighted by atomic mass is 9.90. The van der Waals surface area contributed by atoms with E-state index in [2.05, 4.69) is 28.5 Å². The highest BCUT2D eigenvalue weighted by atomic mass is 16.5. The minimum atomic E-state index is -0.272. The molecule has 0 radical (unpaired) electrons. The van der Waals surface area contributed by atoms with E-state index in [-0.39, 0.29) is 18.1 Å². The van der Waals surface area contributed by atoms with E-state index < -0.39 is 0 Å². The Morgan fingerprint density at radius 3 is 2.68 bits per heavy atom. The average molecular weight is 337 g/mol. The predicted octanol–water partition coefficient (Wildman–Crippen LogP) is 1.93. The third-order valence-electron chi connectivity index (χ3n) is 4.98. The van der Waals surface area contributed by atoms with E-state index in [0.717, 1.165) is 22.5 Å². The summed E-state index contributed by atoms with van der Waals surface area (Å²) >= 11 is 0. The number of hydrogen-bond acceptors (Lipinski definition) is 3. The summed E-state index contributed by atoms with van der Waals surface area (Å²) in [6, 6.07) is 15.9. The van der Waals surface area contributed by atoms with Crippen LogP contribution >= 0.6 is 0 Å². The molecule has 1 aliphatic rings. The molecule has 5 nitrogen and oxygen atoms in total. The number of para-hydroxylation sites is 2. The molecule has 0 aliphatic carbocycles. The molecule has 5 heteroatoms. The molecule has 3 N–H and O–H groups in total. The molecule has 1 aromatic heterocycles. The third-order valence-corrected chi connectivity index (χ3v) is 4.98. The van der Waals surface area contributed by atoms with Crippen LogP contribution in [0.3, 0.4) is 0 Å². The van der Waals surface area contributed by atoms with Crippen molar-refractivity contribution in [2.75, 3.05) is 14.2 Å². The second kappa shape index (κ2) is 6.26. The summed E-state index contributed by atoms with van der Waals surface area (Å²) in [5, 5.41) is 3.24. The Balaban J connectivity index is 1.90. The van der Waals surface area contributed by atoms with E-state index in [1.807, 2.05) is 30.3 Å². The Morgan fingerprint density at radius 1 is 1.12 bits per heavy atom. The molecule has 2 heterocycles. The average Bonchev–Trinajstić information content (AvgIpc) is 3.05. The van der Waals surface area contributed by atoms with Crippen molar-refractivity contribution in [2.45, 2.75) is 18.5 Å². The summed E-state index contributed by atoms with van der Waals surface area (Å²) in [6.45, 7) is 0. The number of H-pyrrole nitrogens is 1. The second-order valence-corrected chi connectivity index (χ2v) is 6.31. The van der Waals surface area contributed by atoms with Crippen molar-refractivity contribution >= 4 is 16.9 Å². The largest absolute Gasteiger partial charge is 0.496 e. The maximum absolute atomic E-state index is 12.3. The molecule has 4 rings (SSSR count). The van der Waals surface area contributed by atoms with E-state index in [4.69, 9.17) is 9.47 Å². The van der Waals surface area contributed by atoms with Crippen molar-refractivity contribution < 1.29 is 19.6 Å². The minimum Gasteiger partial charge on any atom is -0.496 e. The molecular formula is C20H21N2O3+. The molecule has 0 bridgehead atoms. The Labute approximate surface area is 146 Å². The van der Waals surface area contributed by atoms with Crippen molar-refractivity contribution in [1.82, 2.24) is 4.98 Å². The quantitative estimate of drug-likeness (QED) is 0.718. The lowest BCUT2D eigenvalue weighted by Crippen LogP contribution is -2.94. The minimum absolute atomic E-state index is 0.0450. The number of aromatic amines is 1. The van der Waals surface area contributed by atoms with Crippen molar-refractivity contribution in [3.05, 3.63) is 65.4 Å². The lowest BCUT2D eigenvalue weighted by molar-refractivity contribution is -0.712. The van der Waals surface area contributed by atoms with Gasteiger partial charge in [0.15, 0.2) is 12.1 Å². The van der Waals surface area contributed by atoms with Gasteiger partial charge in [0.2, 0.25) is 0 Å². The van der Waals surface area contributed by atoms with Gasteiger partial charge >= 0.3 is 5.97 Å². The molecule has 2 aromatic carbocycles. The van der Waals surface area contributed by atoms with Gasteiger partial charge in [-0.15, -0.1) is 0 Å². The molecular weight excluding hydrogens is 316 g/mol. The highest BCUT2D eigenvalue weighted by Crippen LogP contribution is 2.35. The summed E-state index contributed by atoms with van der Waals surface area (Å²) in [7, 11) is 3.12. The smallest absolute Gasteiger partial charge is 0.364 e. The van der Waals surface area contributed by atoms with E-state index in [9.17, 15) is 4.79 Å². The van der Waals surface area contributed by atoms with Gasteiger partial charge in [-0.25, -0.2) is 4.79 Å². The number of esters is 1. The molecule has 25 heavy (non-hydrogen) atoms. The first-order valence-corrected chi connectivity index (χ1v) is 8.38. The molecule has 0 fully saturated rings. The van der Waals surface area contributed by atoms with Crippen LogP contribution in [0.2, 0.25) is 0 Å². The van der Waals surface area contributed by atoms with E-state index in [1.165, 1.54) is 18.1 Å². The first-order valence-electron chi connectivity index (χ1n) is 8.38. The van der Waals surface area contributed by atoms with Gasteiger partial charge in [0, 0.05) is 17.3 Å². The Morgan fingerprint density at radius 2 is 1.88 bits per heavy atom. The molecule has 0 saturated carbocycles. The van der Waals surface area contributed by atoms with Crippen LogP contribution in [0.4, 0.5) is 0 Å². The zero-order valence-electron chi connectivity index (χ0n) is 14.3. The van der Waals surface area contributed by atoms with E-state index in [0.29, 0.717) is 6.42 Å². The van der Waals surface area contributed by atoms with Gasteiger partial charge in [-0.1, -0.05) is 30.3 Å². The number of aromatic nitrogens is 1. The van der Waals surface area contributed by atoms with Crippen molar-refractivity contribution in [2.24, 2.45) is 0 Å². The normalized spacial score (nSPS) is 19.4. The van der Waals surface area contributed by atoms with Gasteiger partial charge in [-0.05, 0) is 23.8 Å². The summed E-state index contributed by atoms with van der Waals surface area (Å²) in [4.78, 5) is 15.8. The van der Waals surface area contributed by atoms with Gasteiger partial charge in [0.05, 0.1) is 25.5 Å². The highest BCUT2D eigenvalue weighted by Gasteiger charge is 2.39. The van der Waals surface area contributed by atoms with Crippen LogP contribution in [-0.2, 0) is 16.0 Å². The van der Waals surface area contributed by atoms with Crippen LogP contribution in [0.15, 0.2) is 48.5 Å². The standard InChI is InChI=1S/C20H20N2O3/c1-24-17-10-6-4-8-13(17)18-19-14(11-16(22-18)20(23)25-2)12-7-3-5-9-15(12)21-19/h3-10,16,18,21-22H,11H2,1-2H3/p+1/t16-,18-/m1/s1. The molecule has 128 valence electrons. The monoisotopic (exact) mass is 337 g/mol. The summed E-state index contributed by atoms with van der Waals surface area (Å²) < 4.78 is 10.6. The number of ether oxygens (including phenoxy) is 2. The Bertz CT molecular complexity index is 932. The van der Waals surface area contributed by atoms with Crippen molar-refractivity contribution in [3.63, 3.8) is 0 Å². The maximum atomic E-state index is 12.3. The zero-order valence-corrected chi connectivity index (χ0v) is 14.3. The fraction of sp³-hybridized carbons (Fsp3) is 0.250. The lowest BCUT2D eigenvalue weighted by Gasteiger charge is -2.27. The first kappa shape index (κ1) is 15.7. The molecule has 3 aromatic rings. The molecule has 0 saturated heterocycles. The van der Waals surface area contributed by atoms with Crippen LogP contribution in [0.1, 0.15) is 22.9 Å². The second-order valence-electron chi connectivity index (χ2n) is 6.31. The third kappa shape index (κ3) is 2.57. The van der Waals surface area contributed by atoms with E-state index >= 15 is 0 Å². The van der Waals surface area contributed by atoms with Crippen LogP contribution in [0.5, 0.6) is 5.75 Å². The van der Waals surface area contributed by atoms with Crippen LogP contribution in [0, 0.1) is 0 Å². The van der Waals surface area contributed by atoms with Crippen LogP contribution < -0.4 is 10.1 Å². The Hall–Kier alpha value is -2.79. The first-order chi connectivity index (χ1) is 12.2. The molecule has 0 unspecified atom stereocenters. The molecule has 1 aliphatic heterocycles. The fourth-order valence-electron chi connectivity index (χ4n) is 3.82. The number of nitrogens with two attached hydrogens (primary N) is 1. The molecule has 0 spiro atoms. The van der Waals surface area contributed by atoms with Crippen LogP contribution in [-0.4, -0.2) is 31.2 Å². The van der Waals surface area contributed by atoms with Gasteiger partial charge in [0.1, 0.15) is 5.75 Å². The van der Waals surface area contributed by atoms with Crippen LogP contribution in [0.25, 0.3) is 10.9 Å². The Kier molecular flexibility index (Phi) is 3.93. The maximum Gasteiger partial charge on any atom is 0.364 e. The highest BCUT2D eigenvalue weighted by molar-refractivity contribution is 5.86. The summed E-state index contributed by atoms with van der Waals surface area (Å²) in [5.74, 6) is 0.620. The van der Waals surface area contributed by atoms with Gasteiger partial charge < -0.3 is 19.8 Å². The van der Waals surface area contributed by atoms with Crippen molar-refractivity contribution in [1.29, 1.82) is 0 Å².